The van der Waals surface area contributed by atoms with E-state index in [9.17, 15) is 8.42 Å². The molecule has 3 N–H and O–H groups in total. The first-order valence-corrected chi connectivity index (χ1v) is 8.54. The highest BCUT2D eigenvalue weighted by Crippen LogP contribution is 2.19. The van der Waals surface area contributed by atoms with Gasteiger partial charge in [0.1, 0.15) is 0 Å². The van der Waals surface area contributed by atoms with Crippen LogP contribution in [0.25, 0.3) is 0 Å². The van der Waals surface area contributed by atoms with Crippen LogP contribution in [0.5, 0.6) is 0 Å². The molecule has 6 nitrogen and oxygen atoms in total. The maximum atomic E-state index is 12.2. The van der Waals surface area contributed by atoms with Gasteiger partial charge in [0.25, 0.3) is 10.0 Å². The Labute approximate surface area is 111 Å². The zero-order chi connectivity index (χ0) is 13.0. The Morgan fingerprint density at radius 1 is 1.61 bits per heavy atom. The molecule has 0 saturated carbocycles. The van der Waals surface area contributed by atoms with E-state index in [4.69, 9.17) is 0 Å². The van der Waals surface area contributed by atoms with Crippen molar-refractivity contribution in [2.75, 3.05) is 18.6 Å². The summed E-state index contributed by atoms with van der Waals surface area (Å²) in [6.45, 7) is 0.478. The van der Waals surface area contributed by atoms with E-state index < -0.39 is 10.0 Å². The fourth-order valence-electron chi connectivity index (χ4n) is 1.96. The monoisotopic (exact) mass is 290 g/mol. The van der Waals surface area contributed by atoms with E-state index in [1.165, 1.54) is 0 Å². The molecule has 1 aromatic heterocycles. The quantitative estimate of drug-likeness (QED) is 0.726. The Hall–Kier alpha value is -0.570. The van der Waals surface area contributed by atoms with Crippen LogP contribution in [-0.2, 0) is 16.6 Å². The van der Waals surface area contributed by atoms with E-state index in [1.807, 2.05) is 0 Å². The van der Waals surface area contributed by atoms with Gasteiger partial charge >= 0.3 is 0 Å². The zero-order valence-corrected chi connectivity index (χ0v) is 11.9. The molecule has 102 valence electrons. The lowest BCUT2D eigenvalue weighted by molar-refractivity contribution is 0.538. The number of nitrogens with zero attached hydrogens (tertiary/aromatic N) is 1. The Morgan fingerprint density at radius 3 is 3.11 bits per heavy atom. The number of nitrogens with one attached hydrogen (secondary N) is 3. The van der Waals surface area contributed by atoms with Gasteiger partial charge in [0, 0.05) is 23.9 Å². The summed E-state index contributed by atoms with van der Waals surface area (Å²) in [5.41, 5.74) is 0.661. The molecule has 8 heteroatoms. The molecule has 1 fully saturated rings. The summed E-state index contributed by atoms with van der Waals surface area (Å²) < 4.78 is 27.2. The van der Waals surface area contributed by atoms with Crippen molar-refractivity contribution in [1.29, 1.82) is 0 Å². The number of H-pyrrole nitrogens is 1. The minimum absolute atomic E-state index is 0.0273. The lowest BCUT2D eigenvalue weighted by Crippen LogP contribution is -2.38. The fraction of sp³-hybridized carbons (Fsp3) is 0.700. The van der Waals surface area contributed by atoms with Gasteiger partial charge in [-0.3, -0.25) is 5.10 Å². The van der Waals surface area contributed by atoms with Crippen molar-refractivity contribution < 1.29 is 8.42 Å². The van der Waals surface area contributed by atoms with Gasteiger partial charge in [-0.2, -0.15) is 16.9 Å². The van der Waals surface area contributed by atoms with Crippen molar-refractivity contribution in [3.8, 4) is 0 Å². The molecular formula is C10H18N4O2S2. The molecular weight excluding hydrogens is 272 g/mol. The maximum absolute atomic E-state index is 12.2. The second-order valence-corrected chi connectivity index (χ2v) is 7.09. The molecule has 1 aliphatic heterocycles. The first-order chi connectivity index (χ1) is 8.63. The molecule has 1 atom stereocenters. The molecule has 0 aromatic carbocycles. The van der Waals surface area contributed by atoms with Crippen molar-refractivity contribution in [2.24, 2.45) is 0 Å². The van der Waals surface area contributed by atoms with E-state index >= 15 is 0 Å². The van der Waals surface area contributed by atoms with E-state index in [0.717, 1.165) is 24.3 Å². The van der Waals surface area contributed by atoms with Gasteiger partial charge in [-0.1, -0.05) is 0 Å². The summed E-state index contributed by atoms with van der Waals surface area (Å²) in [7, 11) is -1.72. The SMILES string of the molecule is CNCc1cn[nH]c1S(=O)(=O)NC1CCCSC1. The molecule has 2 heterocycles. The summed E-state index contributed by atoms with van der Waals surface area (Å²) in [5.74, 6) is 1.96. The Kier molecular flexibility index (Phi) is 4.66. The van der Waals surface area contributed by atoms with Gasteiger partial charge in [-0.25, -0.2) is 13.1 Å². The first-order valence-electron chi connectivity index (χ1n) is 5.90. The normalized spacial score (nSPS) is 21.1. The van der Waals surface area contributed by atoms with Crippen molar-refractivity contribution >= 4 is 21.8 Å². The van der Waals surface area contributed by atoms with Crippen LogP contribution in [0.15, 0.2) is 11.2 Å². The van der Waals surface area contributed by atoms with Crippen LogP contribution in [0.4, 0.5) is 0 Å². The number of rotatable bonds is 5. The lowest BCUT2D eigenvalue weighted by atomic mass is 10.2. The average Bonchev–Trinajstić information content (AvgIpc) is 2.79. The molecule has 0 bridgehead atoms. The second kappa shape index (κ2) is 6.05. The van der Waals surface area contributed by atoms with Crippen LogP contribution in [0.3, 0.4) is 0 Å². The summed E-state index contributed by atoms with van der Waals surface area (Å²) in [6.07, 6.45) is 3.51. The molecule has 0 amide bonds. The van der Waals surface area contributed by atoms with Crippen LogP contribution < -0.4 is 10.0 Å². The molecule has 1 aliphatic rings. The summed E-state index contributed by atoms with van der Waals surface area (Å²) >= 11 is 1.79. The van der Waals surface area contributed by atoms with Gasteiger partial charge in [0.2, 0.25) is 0 Å². The van der Waals surface area contributed by atoms with E-state index in [-0.39, 0.29) is 11.1 Å². The van der Waals surface area contributed by atoms with Crippen LogP contribution in [0.1, 0.15) is 18.4 Å². The lowest BCUT2D eigenvalue weighted by Gasteiger charge is -2.22. The van der Waals surface area contributed by atoms with Crippen molar-refractivity contribution in [2.45, 2.75) is 30.5 Å². The zero-order valence-electron chi connectivity index (χ0n) is 10.3. The largest absolute Gasteiger partial charge is 0.316 e. The van der Waals surface area contributed by atoms with Gasteiger partial charge < -0.3 is 5.32 Å². The van der Waals surface area contributed by atoms with E-state index in [0.29, 0.717) is 12.1 Å². The second-order valence-electron chi connectivity index (χ2n) is 4.29. The van der Waals surface area contributed by atoms with Crippen molar-refractivity contribution in [3.63, 3.8) is 0 Å². The number of aromatic nitrogens is 2. The maximum Gasteiger partial charge on any atom is 0.258 e. The number of thioether (sulfide) groups is 1. The molecule has 2 rings (SSSR count). The highest BCUT2D eigenvalue weighted by molar-refractivity contribution is 7.99. The fourth-order valence-corrected chi connectivity index (χ4v) is 4.54. The van der Waals surface area contributed by atoms with Crippen LogP contribution in [-0.4, -0.2) is 43.2 Å². The Balaban J connectivity index is 2.11. The predicted molar refractivity (Wildman–Crippen MR) is 72.0 cm³/mol. The van der Waals surface area contributed by atoms with E-state index in [1.54, 1.807) is 25.0 Å². The van der Waals surface area contributed by atoms with Crippen LogP contribution >= 0.6 is 11.8 Å². The molecule has 0 spiro atoms. The predicted octanol–water partition coefficient (Wildman–Crippen LogP) is 0.303. The van der Waals surface area contributed by atoms with Gasteiger partial charge in [0.15, 0.2) is 5.03 Å². The highest BCUT2D eigenvalue weighted by Gasteiger charge is 2.25. The average molecular weight is 290 g/mol. The van der Waals surface area contributed by atoms with Crippen LogP contribution in [0.2, 0.25) is 0 Å². The minimum atomic E-state index is -3.49. The van der Waals surface area contributed by atoms with Crippen molar-refractivity contribution in [3.05, 3.63) is 11.8 Å². The summed E-state index contributed by atoms with van der Waals surface area (Å²) in [4.78, 5) is 0. The number of hydrogen-bond acceptors (Lipinski definition) is 5. The summed E-state index contributed by atoms with van der Waals surface area (Å²) in [5, 5.41) is 9.49. The number of sulfonamides is 1. The van der Waals surface area contributed by atoms with Crippen molar-refractivity contribution in [1.82, 2.24) is 20.2 Å². The minimum Gasteiger partial charge on any atom is -0.316 e. The highest BCUT2D eigenvalue weighted by atomic mass is 32.2. The van der Waals surface area contributed by atoms with Gasteiger partial charge in [-0.15, -0.1) is 0 Å². The first kappa shape index (κ1) is 13.9. The molecule has 1 saturated heterocycles. The molecule has 1 unspecified atom stereocenters. The third-order valence-corrected chi connectivity index (χ3v) is 5.55. The van der Waals surface area contributed by atoms with Crippen LogP contribution in [0, 0.1) is 0 Å². The van der Waals surface area contributed by atoms with E-state index in [2.05, 4.69) is 20.2 Å². The molecule has 1 aromatic rings. The molecule has 18 heavy (non-hydrogen) atoms. The smallest absolute Gasteiger partial charge is 0.258 e. The third-order valence-electron chi connectivity index (χ3n) is 2.80. The Bertz CT molecular complexity index is 480. The van der Waals surface area contributed by atoms with Gasteiger partial charge in [-0.05, 0) is 25.6 Å². The molecule has 0 radical (unpaired) electrons. The third kappa shape index (κ3) is 3.25. The van der Waals surface area contributed by atoms with Gasteiger partial charge in [0.05, 0.1) is 6.20 Å². The Morgan fingerprint density at radius 2 is 2.44 bits per heavy atom. The number of aromatic amines is 1. The molecule has 0 aliphatic carbocycles. The topological polar surface area (TPSA) is 86.9 Å². The standard InChI is InChI=1S/C10H18N4O2S2/c1-11-5-8-6-12-13-10(8)18(15,16)14-9-3-2-4-17-7-9/h6,9,11,14H,2-5,7H2,1H3,(H,12,13). The summed E-state index contributed by atoms with van der Waals surface area (Å²) in [6, 6.07) is 0.0273. The number of hydrogen-bond donors (Lipinski definition) is 3.